The maximum Gasteiger partial charge on any atom is 0.281 e. The number of quaternary nitrogens is 1. The maximum atomic E-state index is 12.2. The quantitative estimate of drug-likeness (QED) is 0.726. The van der Waals surface area contributed by atoms with E-state index in [1.54, 1.807) is 6.07 Å². The summed E-state index contributed by atoms with van der Waals surface area (Å²) in [6.07, 6.45) is 0. The number of aromatic nitrogens is 1. The molecule has 0 aliphatic heterocycles. The second-order valence-electron chi connectivity index (χ2n) is 6.29. The van der Waals surface area contributed by atoms with Crippen LogP contribution in [0.15, 0.2) is 65.2 Å². The minimum Gasteiger partial charge on any atom is -0.338 e. The Bertz CT molecular complexity index is 826. The SMILES string of the molecule is Cc1ccc(-c2cc(NC(=O)C[NH+](C)Cc3ccccc3)on2)cc1. The molecule has 5 nitrogen and oxygen atoms in total. The Balaban J connectivity index is 1.55. The summed E-state index contributed by atoms with van der Waals surface area (Å²) in [6.45, 7) is 3.18. The molecule has 0 saturated heterocycles. The van der Waals surface area contributed by atoms with Crippen molar-refractivity contribution < 1.29 is 14.2 Å². The van der Waals surface area contributed by atoms with Crippen molar-refractivity contribution >= 4 is 11.8 Å². The van der Waals surface area contributed by atoms with Gasteiger partial charge in [-0.15, -0.1) is 0 Å². The van der Waals surface area contributed by atoms with Gasteiger partial charge in [0.2, 0.25) is 5.88 Å². The van der Waals surface area contributed by atoms with E-state index in [1.807, 2.05) is 56.4 Å². The van der Waals surface area contributed by atoms with Crippen LogP contribution in [0.2, 0.25) is 0 Å². The molecule has 0 aliphatic rings. The van der Waals surface area contributed by atoms with E-state index in [1.165, 1.54) is 11.1 Å². The van der Waals surface area contributed by atoms with Crippen LogP contribution >= 0.6 is 0 Å². The summed E-state index contributed by atoms with van der Waals surface area (Å²) in [5.74, 6) is 0.271. The van der Waals surface area contributed by atoms with Crippen LogP contribution in [0, 0.1) is 6.92 Å². The topological polar surface area (TPSA) is 59.6 Å². The first-order valence-corrected chi connectivity index (χ1v) is 8.29. The lowest BCUT2D eigenvalue weighted by Gasteiger charge is -2.12. The highest BCUT2D eigenvalue weighted by atomic mass is 16.5. The second-order valence-corrected chi connectivity index (χ2v) is 6.29. The molecule has 1 unspecified atom stereocenters. The Morgan fingerprint density at radius 3 is 2.56 bits per heavy atom. The molecule has 0 aliphatic carbocycles. The largest absolute Gasteiger partial charge is 0.338 e. The summed E-state index contributed by atoms with van der Waals surface area (Å²) >= 11 is 0. The standard InChI is InChI=1S/C20H21N3O2/c1-15-8-10-17(11-9-15)18-12-20(25-22-18)21-19(24)14-23(2)13-16-6-4-3-5-7-16/h3-12H,13-14H2,1-2H3,(H,21,24)/p+1. The number of amides is 1. The molecule has 2 aromatic carbocycles. The third kappa shape index (κ3) is 4.78. The third-order valence-electron chi connectivity index (χ3n) is 3.93. The summed E-state index contributed by atoms with van der Waals surface area (Å²) in [6, 6.07) is 19.9. The third-order valence-corrected chi connectivity index (χ3v) is 3.93. The van der Waals surface area contributed by atoms with Gasteiger partial charge in [0, 0.05) is 17.2 Å². The van der Waals surface area contributed by atoms with Gasteiger partial charge < -0.3 is 9.42 Å². The average molecular weight is 336 g/mol. The van der Waals surface area contributed by atoms with Crippen molar-refractivity contribution in [1.82, 2.24) is 5.16 Å². The molecule has 0 radical (unpaired) electrons. The lowest BCUT2D eigenvalue weighted by atomic mass is 10.1. The predicted octanol–water partition coefficient (Wildman–Crippen LogP) is 2.30. The molecule has 1 amide bonds. The van der Waals surface area contributed by atoms with Crippen LogP contribution < -0.4 is 10.2 Å². The van der Waals surface area contributed by atoms with Crippen molar-refractivity contribution in [3.63, 3.8) is 0 Å². The Kier molecular flexibility index (Phi) is 5.26. The summed E-state index contributed by atoms with van der Waals surface area (Å²) in [7, 11) is 1.99. The molecule has 1 atom stereocenters. The molecule has 2 N–H and O–H groups in total. The number of hydrogen-bond donors (Lipinski definition) is 2. The van der Waals surface area contributed by atoms with Gasteiger partial charge in [0.05, 0.1) is 7.05 Å². The highest BCUT2D eigenvalue weighted by molar-refractivity contribution is 5.90. The first-order valence-electron chi connectivity index (χ1n) is 8.29. The highest BCUT2D eigenvalue weighted by Crippen LogP contribution is 2.21. The maximum absolute atomic E-state index is 12.2. The van der Waals surface area contributed by atoms with Gasteiger partial charge in [-0.25, -0.2) is 0 Å². The number of carbonyl (C=O) groups is 1. The second kappa shape index (κ2) is 7.77. The highest BCUT2D eigenvalue weighted by Gasteiger charge is 2.14. The van der Waals surface area contributed by atoms with Crippen LogP contribution in [-0.2, 0) is 11.3 Å². The number of nitrogens with one attached hydrogen (secondary N) is 2. The Hall–Kier alpha value is -2.92. The lowest BCUT2D eigenvalue weighted by molar-refractivity contribution is -0.885. The number of rotatable bonds is 6. The molecule has 1 aromatic heterocycles. The zero-order chi connectivity index (χ0) is 17.6. The van der Waals surface area contributed by atoms with E-state index < -0.39 is 0 Å². The van der Waals surface area contributed by atoms with E-state index in [9.17, 15) is 4.79 Å². The molecule has 0 bridgehead atoms. The van der Waals surface area contributed by atoms with Gasteiger partial charge in [0.15, 0.2) is 6.54 Å². The van der Waals surface area contributed by atoms with Crippen molar-refractivity contribution in [2.24, 2.45) is 0 Å². The first kappa shape index (κ1) is 16.9. The fraction of sp³-hybridized carbons (Fsp3) is 0.200. The van der Waals surface area contributed by atoms with E-state index in [-0.39, 0.29) is 5.91 Å². The van der Waals surface area contributed by atoms with Gasteiger partial charge in [-0.3, -0.25) is 10.1 Å². The van der Waals surface area contributed by atoms with Crippen molar-refractivity contribution in [3.8, 4) is 11.3 Å². The Morgan fingerprint density at radius 2 is 1.84 bits per heavy atom. The van der Waals surface area contributed by atoms with Gasteiger partial charge in [-0.05, 0) is 6.92 Å². The van der Waals surface area contributed by atoms with Crippen molar-refractivity contribution in [1.29, 1.82) is 0 Å². The van der Waals surface area contributed by atoms with Crippen LogP contribution in [0.25, 0.3) is 11.3 Å². The zero-order valence-electron chi connectivity index (χ0n) is 14.5. The molecule has 128 valence electrons. The summed E-state index contributed by atoms with van der Waals surface area (Å²) in [5.41, 5.74) is 4.06. The molecule has 0 fully saturated rings. The molecule has 3 rings (SSSR count). The Labute approximate surface area is 147 Å². The molecule has 0 saturated carbocycles. The molecular formula is C20H22N3O2+. The number of hydrogen-bond acceptors (Lipinski definition) is 3. The smallest absolute Gasteiger partial charge is 0.281 e. The van der Waals surface area contributed by atoms with E-state index in [4.69, 9.17) is 4.52 Å². The molecule has 3 aromatic rings. The average Bonchev–Trinajstić information content (AvgIpc) is 3.04. The Morgan fingerprint density at radius 1 is 1.12 bits per heavy atom. The van der Waals surface area contributed by atoms with Crippen LogP contribution in [0.3, 0.4) is 0 Å². The van der Waals surface area contributed by atoms with Gasteiger partial charge in [-0.2, -0.15) is 0 Å². The first-order chi connectivity index (χ1) is 12.1. The summed E-state index contributed by atoms with van der Waals surface area (Å²) in [5, 5.41) is 6.79. The minimum atomic E-state index is -0.0972. The van der Waals surface area contributed by atoms with Gasteiger partial charge >= 0.3 is 0 Å². The molecule has 1 heterocycles. The monoisotopic (exact) mass is 336 g/mol. The van der Waals surface area contributed by atoms with E-state index in [0.717, 1.165) is 17.0 Å². The molecule has 0 spiro atoms. The number of aryl methyl sites for hydroxylation is 1. The number of benzene rings is 2. The minimum absolute atomic E-state index is 0.0972. The normalized spacial score (nSPS) is 11.9. The molecule has 25 heavy (non-hydrogen) atoms. The zero-order valence-corrected chi connectivity index (χ0v) is 14.5. The predicted molar refractivity (Wildman–Crippen MR) is 97.2 cm³/mol. The van der Waals surface area contributed by atoms with Crippen molar-refractivity contribution in [3.05, 3.63) is 71.8 Å². The van der Waals surface area contributed by atoms with Gasteiger partial charge in [0.25, 0.3) is 5.91 Å². The lowest BCUT2D eigenvalue weighted by Crippen LogP contribution is -3.08. The van der Waals surface area contributed by atoms with E-state index in [0.29, 0.717) is 18.1 Å². The number of carbonyl (C=O) groups excluding carboxylic acids is 1. The number of anilines is 1. The van der Waals surface area contributed by atoms with Crippen LogP contribution in [0.5, 0.6) is 0 Å². The number of nitrogens with zero attached hydrogens (tertiary/aromatic N) is 1. The van der Waals surface area contributed by atoms with Gasteiger partial charge in [-0.1, -0.05) is 65.3 Å². The van der Waals surface area contributed by atoms with Crippen LogP contribution in [0.4, 0.5) is 5.88 Å². The van der Waals surface area contributed by atoms with Crippen LogP contribution in [-0.4, -0.2) is 24.7 Å². The van der Waals surface area contributed by atoms with Crippen LogP contribution in [0.1, 0.15) is 11.1 Å². The number of likely N-dealkylation sites (N-methyl/N-ethyl adjacent to an activating group) is 1. The fourth-order valence-corrected chi connectivity index (χ4v) is 2.66. The summed E-state index contributed by atoms with van der Waals surface area (Å²) < 4.78 is 5.23. The molecular weight excluding hydrogens is 314 g/mol. The summed E-state index contributed by atoms with van der Waals surface area (Å²) in [4.78, 5) is 13.3. The van der Waals surface area contributed by atoms with Crippen molar-refractivity contribution in [2.75, 3.05) is 18.9 Å². The molecule has 5 heteroatoms. The van der Waals surface area contributed by atoms with Crippen molar-refractivity contribution in [2.45, 2.75) is 13.5 Å². The fourth-order valence-electron chi connectivity index (χ4n) is 2.66. The van der Waals surface area contributed by atoms with Gasteiger partial charge in [0.1, 0.15) is 12.2 Å². The van der Waals surface area contributed by atoms with E-state index in [2.05, 4.69) is 22.6 Å². The van der Waals surface area contributed by atoms with E-state index >= 15 is 0 Å².